The lowest BCUT2D eigenvalue weighted by Gasteiger charge is -2.41. The van der Waals surface area contributed by atoms with Gasteiger partial charge in [0.1, 0.15) is 5.60 Å². The number of carbonyl (C=O) groups is 1. The van der Waals surface area contributed by atoms with Gasteiger partial charge in [-0.2, -0.15) is 0 Å². The summed E-state index contributed by atoms with van der Waals surface area (Å²) in [7, 11) is -3.60. The molecule has 8 heteroatoms. The van der Waals surface area contributed by atoms with E-state index in [4.69, 9.17) is 4.74 Å². The molecular weight excluding hydrogens is 486 g/mol. The van der Waals surface area contributed by atoms with Crippen molar-refractivity contribution < 1.29 is 17.9 Å². The number of hydrogen-bond donors (Lipinski definition) is 2. The molecule has 1 amide bonds. The van der Waals surface area contributed by atoms with Gasteiger partial charge in [-0.15, -0.1) is 0 Å². The molecule has 2 heterocycles. The van der Waals surface area contributed by atoms with E-state index in [9.17, 15) is 13.2 Å². The van der Waals surface area contributed by atoms with Gasteiger partial charge >= 0.3 is 6.09 Å². The van der Waals surface area contributed by atoms with Crippen LogP contribution in [0.5, 0.6) is 0 Å². The minimum Gasteiger partial charge on any atom is -0.444 e. The van der Waals surface area contributed by atoms with Crippen molar-refractivity contribution in [2.24, 2.45) is 0 Å². The highest BCUT2D eigenvalue weighted by molar-refractivity contribution is 7.89. The Morgan fingerprint density at radius 2 is 1.51 bits per heavy atom. The van der Waals surface area contributed by atoms with Gasteiger partial charge in [0.25, 0.3) is 0 Å². The van der Waals surface area contributed by atoms with Gasteiger partial charge in [-0.1, -0.05) is 55.5 Å². The molecule has 3 atom stereocenters. The minimum absolute atomic E-state index is 0.127. The van der Waals surface area contributed by atoms with Crippen LogP contribution < -0.4 is 10.0 Å². The first-order valence-corrected chi connectivity index (χ1v) is 14.8. The van der Waals surface area contributed by atoms with E-state index < -0.39 is 15.6 Å². The van der Waals surface area contributed by atoms with E-state index in [0.717, 1.165) is 44.2 Å². The fourth-order valence-electron chi connectivity index (χ4n) is 5.72. The summed E-state index contributed by atoms with van der Waals surface area (Å²) in [5.41, 5.74) is 0.251. The Bertz CT molecular complexity index is 1140. The quantitative estimate of drug-likeness (QED) is 0.488. The van der Waals surface area contributed by atoms with Gasteiger partial charge in [0.15, 0.2) is 0 Å². The van der Waals surface area contributed by atoms with Crippen molar-refractivity contribution in [2.75, 3.05) is 13.1 Å². The normalized spacial score (nSPS) is 23.8. The van der Waals surface area contributed by atoms with E-state index in [1.807, 2.05) is 45.0 Å². The molecule has 0 aromatic heterocycles. The number of nitrogens with one attached hydrogen (secondary N) is 2. The zero-order valence-corrected chi connectivity index (χ0v) is 23.3. The molecule has 2 aromatic rings. The summed E-state index contributed by atoms with van der Waals surface area (Å²) < 4.78 is 34.3. The molecule has 7 nitrogen and oxygen atoms in total. The lowest BCUT2D eigenvalue weighted by atomic mass is 9.79. The molecule has 2 unspecified atom stereocenters. The van der Waals surface area contributed by atoms with E-state index in [-0.39, 0.29) is 22.4 Å². The average Bonchev–Trinajstić information content (AvgIpc) is 3.09. The molecule has 0 radical (unpaired) electrons. The molecule has 0 aliphatic carbocycles. The summed E-state index contributed by atoms with van der Waals surface area (Å²) in [5, 5.41) is 3.08. The maximum absolute atomic E-state index is 13.0. The van der Waals surface area contributed by atoms with Crippen molar-refractivity contribution in [3.05, 3.63) is 66.2 Å². The summed E-state index contributed by atoms with van der Waals surface area (Å²) in [6.07, 6.45) is 4.56. The van der Waals surface area contributed by atoms with E-state index in [1.165, 1.54) is 0 Å². The number of rotatable bonds is 9. The lowest BCUT2D eigenvalue weighted by Crippen LogP contribution is -2.52. The molecule has 0 saturated carbocycles. The van der Waals surface area contributed by atoms with Crippen LogP contribution in [0, 0.1) is 0 Å². The Balaban J connectivity index is 1.41. The van der Waals surface area contributed by atoms with Gasteiger partial charge < -0.3 is 10.1 Å². The maximum atomic E-state index is 13.0. The van der Waals surface area contributed by atoms with E-state index in [2.05, 4.69) is 34.0 Å². The first kappa shape index (κ1) is 27.6. The largest absolute Gasteiger partial charge is 0.444 e. The van der Waals surface area contributed by atoms with Gasteiger partial charge in [0, 0.05) is 30.1 Å². The monoisotopic (exact) mass is 527 g/mol. The number of piperidine rings is 1. The molecule has 37 heavy (non-hydrogen) atoms. The van der Waals surface area contributed by atoms with Crippen LogP contribution in [0.25, 0.3) is 0 Å². The van der Waals surface area contributed by atoms with Crippen molar-refractivity contribution in [1.82, 2.24) is 14.9 Å². The highest BCUT2D eigenvalue weighted by Crippen LogP contribution is 2.38. The van der Waals surface area contributed by atoms with Gasteiger partial charge in [0.05, 0.1) is 4.90 Å². The highest BCUT2D eigenvalue weighted by Gasteiger charge is 2.42. The molecule has 2 bridgehead atoms. The van der Waals surface area contributed by atoms with Crippen LogP contribution in [0.3, 0.4) is 0 Å². The number of alkyl carbamates (subject to hydrolysis) is 1. The number of sulfonamides is 1. The molecule has 2 N–H and O–H groups in total. The number of fused-ring (bicyclic) bond motifs is 2. The van der Waals surface area contributed by atoms with Crippen LogP contribution in [-0.2, 0) is 20.2 Å². The molecule has 2 aliphatic heterocycles. The molecule has 2 aromatic carbocycles. The van der Waals surface area contributed by atoms with E-state index >= 15 is 0 Å². The Labute approximate surface area is 222 Å². The number of ether oxygens (including phenoxy) is 1. The molecule has 0 spiro atoms. The van der Waals surface area contributed by atoms with Gasteiger partial charge in [0.2, 0.25) is 10.0 Å². The molecule has 4 rings (SSSR count). The summed E-state index contributed by atoms with van der Waals surface area (Å²) in [6.45, 7) is 8.98. The first-order valence-electron chi connectivity index (χ1n) is 13.3. The van der Waals surface area contributed by atoms with Crippen molar-refractivity contribution in [3.8, 4) is 0 Å². The Morgan fingerprint density at radius 3 is 2.08 bits per heavy atom. The van der Waals surface area contributed by atoms with Crippen LogP contribution in [0.2, 0.25) is 0 Å². The fraction of sp³-hybridized carbons (Fsp3) is 0.552. The van der Waals surface area contributed by atoms with Crippen molar-refractivity contribution in [1.29, 1.82) is 0 Å². The summed E-state index contributed by atoms with van der Waals surface area (Å²) >= 11 is 0. The van der Waals surface area contributed by atoms with E-state index in [0.29, 0.717) is 18.6 Å². The Hall–Kier alpha value is -2.42. The van der Waals surface area contributed by atoms with Gasteiger partial charge in [-0.25, -0.2) is 17.9 Å². The summed E-state index contributed by atoms with van der Waals surface area (Å²) in [6, 6.07) is 19.7. The second kappa shape index (κ2) is 11.1. The highest BCUT2D eigenvalue weighted by atomic mass is 32.2. The van der Waals surface area contributed by atoms with Crippen molar-refractivity contribution in [2.45, 2.75) is 93.8 Å². The topological polar surface area (TPSA) is 87.7 Å². The SMILES string of the molecule is CC(C)(C)OC(=O)NC1CC2CCC(C1)N2CC[C@](C)(CNS(=O)(=O)c1ccccc1)c1ccccc1. The number of amides is 1. The standard InChI is InChI=1S/C29H41N3O4S/c1-28(2,3)36-27(33)31-23-19-24-15-16-25(20-23)32(24)18-17-29(4,22-11-7-5-8-12-22)21-30-37(34,35)26-13-9-6-10-14-26/h5-14,23-25,30H,15-21H2,1-4H3,(H,31,33)/t23?,24?,25?,29-/m1/s1. The second-order valence-electron chi connectivity index (χ2n) is 11.8. The van der Waals surface area contributed by atoms with Gasteiger partial charge in [-0.05, 0) is 77.1 Å². The zero-order chi connectivity index (χ0) is 26.7. The smallest absolute Gasteiger partial charge is 0.407 e. The average molecular weight is 528 g/mol. The molecule has 2 fully saturated rings. The van der Waals surface area contributed by atoms with Crippen LogP contribution >= 0.6 is 0 Å². The minimum atomic E-state index is -3.60. The molecular formula is C29H41N3O4S. The van der Waals surface area contributed by atoms with Crippen molar-refractivity contribution >= 4 is 16.1 Å². The van der Waals surface area contributed by atoms with Crippen LogP contribution in [0.15, 0.2) is 65.6 Å². The number of hydrogen-bond acceptors (Lipinski definition) is 5. The lowest BCUT2D eigenvalue weighted by molar-refractivity contribution is 0.0438. The summed E-state index contributed by atoms with van der Waals surface area (Å²) in [4.78, 5) is 15.2. The Kier molecular flexibility index (Phi) is 8.31. The molecule has 202 valence electrons. The van der Waals surface area contributed by atoms with Crippen LogP contribution in [0.1, 0.15) is 65.4 Å². The van der Waals surface area contributed by atoms with E-state index in [1.54, 1.807) is 24.3 Å². The first-order chi connectivity index (χ1) is 17.5. The van der Waals surface area contributed by atoms with Crippen LogP contribution in [-0.4, -0.2) is 56.2 Å². The predicted octanol–water partition coefficient (Wildman–Crippen LogP) is 4.83. The summed E-state index contributed by atoms with van der Waals surface area (Å²) in [5.74, 6) is 0. The van der Waals surface area contributed by atoms with Crippen LogP contribution in [0.4, 0.5) is 4.79 Å². The van der Waals surface area contributed by atoms with Gasteiger partial charge in [-0.3, -0.25) is 4.90 Å². The Morgan fingerprint density at radius 1 is 0.946 bits per heavy atom. The van der Waals surface area contributed by atoms with Crippen molar-refractivity contribution in [3.63, 3.8) is 0 Å². The molecule has 2 saturated heterocycles. The molecule has 2 aliphatic rings. The second-order valence-corrected chi connectivity index (χ2v) is 13.5. The number of benzene rings is 2. The number of carbonyl (C=O) groups excluding carboxylic acids is 1. The third-order valence-corrected chi connectivity index (χ3v) is 9.12. The predicted molar refractivity (Wildman–Crippen MR) is 146 cm³/mol. The number of nitrogens with zero attached hydrogens (tertiary/aromatic N) is 1. The zero-order valence-electron chi connectivity index (χ0n) is 22.4. The third-order valence-electron chi connectivity index (χ3n) is 7.70. The third kappa shape index (κ3) is 7.12. The maximum Gasteiger partial charge on any atom is 0.407 e. The fourth-order valence-corrected chi connectivity index (χ4v) is 6.91.